The molecule has 1 fully saturated rings. The Morgan fingerprint density at radius 2 is 1.64 bits per heavy atom. The molecule has 0 amide bonds. The first-order chi connectivity index (χ1) is 19.1. The number of aryl methyl sites for hydroxylation is 1. The summed E-state index contributed by atoms with van der Waals surface area (Å²) < 4.78 is 17.1. The number of rotatable bonds is 15. The Labute approximate surface area is 234 Å². The van der Waals surface area contributed by atoms with Gasteiger partial charge in [0.1, 0.15) is 17.3 Å². The van der Waals surface area contributed by atoms with Crippen molar-refractivity contribution >= 4 is 17.2 Å². The predicted octanol–water partition coefficient (Wildman–Crippen LogP) is 4.47. The molecule has 1 saturated heterocycles. The van der Waals surface area contributed by atoms with Crippen molar-refractivity contribution in [3.8, 4) is 22.8 Å². The molecular weight excluding hydrogens is 514 g/mol. The number of hydrogen-bond acceptors (Lipinski definition) is 9. The number of unbranched alkanes of at least 4 members (excludes halogenated alkanes) is 2. The number of thiazole rings is 1. The second-order valence-electron chi connectivity index (χ2n) is 9.43. The van der Waals surface area contributed by atoms with Crippen LogP contribution in [0.2, 0.25) is 0 Å². The SMILES string of the molecule is Cc1nc(-c2ccc(OCCCCCOc3ccc(C(=N)NO)cc3)cc2)c(CNCCN2CCOCC2)s1. The quantitative estimate of drug-likeness (QED) is 0.0944. The molecule has 39 heavy (non-hydrogen) atoms. The second-order valence-corrected chi connectivity index (χ2v) is 10.7. The van der Waals surface area contributed by atoms with Crippen molar-refractivity contribution < 1.29 is 19.4 Å². The number of hydroxylamine groups is 1. The van der Waals surface area contributed by atoms with Gasteiger partial charge < -0.3 is 19.5 Å². The number of hydrogen-bond donors (Lipinski definition) is 4. The molecule has 0 radical (unpaired) electrons. The van der Waals surface area contributed by atoms with Crippen LogP contribution < -0.4 is 20.3 Å². The number of morpholine rings is 1. The summed E-state index contributed by atoms with van der Waals surface area (Å²) in [7, 11) is 0. The van der Waals surface area contributed by atoms with E-state index in [1.54, 1.807) is 35.6 Å². The molecule has 9 nitrogen and oxygen atoms in total. The summed E-state index contributed by atoms with van der Waals surface area (Å²) >= 11 is 1.75. The molecule has 0 spiro atoms. The molecule has 1 aliphatic rings. The lowest BCUT2D eigenvalue weighted by atomic mass is 10.1. The highest BCUT2D eigenvalue weighted by molar-refractivity contribution is 7.12. The van der Waals surface area contributed by atoms with E-state index in [4.69, 9.17) is 29.8 Å². The van der Waals surface area contributed by atoms with Gasteiger partial charge in [-0.05, 0) is 74.7 Å². The molecule has 10 heteroatoms. The van der Waals surface area contributed by atoms with E-state index in [1.807, 2.05) is 17.6 Å². The van der Waals surface area contributed by atoms with E-state index in [9.17, 15) is 0 Å². The van der Waals surface area contributed by atoms with Crippen LogP contribution in [0.3, 0.4) is 0 Å². The maximum absolute atomic E-state index is 8.79. The van der Waals surface area contributed by atoms with Crippen LogP contribution in [-0.2, 0) is 11.3 Å². The number of benzene rings is 2. The van der Waals surface area contributed by atoms with Crippen molar-refractivity contribution in [3.05, 3.63) is 64.0 Å². The van der Waals surface area contributed by atoms with Crippen molar-refractivity contribution in [2.24, 2.45) is 0 Å². The number of nitrogens with zero attached hydrogens (tertiary/aromatic N) is 2. The standard InChI is InChI=1S/C29H39N5O4S/c1-22-32-28(27(39-22)21-31-13-14-34-15-19-36-20-16-34)23-5-9-25(10-6-23)37-17-3-2-4-18-38-26-11-7-24(8-12-26)29(30)33-35/h5-12,31,35H,2-4,13-21H2,1H3,(H2,30,33). The Bertz CT molecular complexity index is 1150. The lowest BCUT2D eigenvalue weighted by Crippen LogP contribution is -2.40. The van der Waals surface area contributed by atoms with Gasteiger partial charge in [-0.1, -0.05) is 0 Å². The molecule has 0 unspecified atom stereocenters. The van der Waals surface area contributed by atoms with Gasteiger partial charge in [0.05, 0.1) is 37.1 Å². The maximum Gasteiger partial charge on any atom is 0.149 e. The van der Waals surface area contributed by atoms with E-state index in [0.29, 0.717) is 18.8 Å². The normalized spacial score (nSPS) is 13.8. The Morgan fingerprint density at radius 3 is 2.28 bits per heavy atom. The average Bonchev–Trinajstić information content (AvgIpc) is 3.35. The molecule has 2 heterocycles. The summed E-state index contributed by atoms with van der Waals surface area (Å²) in [6.07, 6.45) is 2.90. The van der Waals surface area contributed by atoms with Crippen LogP contribution in [0.4, 0.5) is 0 Å². The van der Waals surface area contributed by atoms with Crippen LogP contribution in [0.25, 0.3) is 11.3 Å². The van der Waals surface area contributed by atoms with Gasteiger partial charge in [-0.2, -0.15) is 0 Å². The van der Waals surface area contributed by atoms with E-state index in [2.05, 4.69) is 29.3 Å². The fourth-order valence-corrected chi connectivity index (χ4v) is 5.26. The van der Waals surface area contributed by atoms with Crippen LogP contribution in [-0.4, -0.2) is 73.5 Å². The van der Waals surface area contributed by atoms with Gasteiger partial charge in [0.2, 0.25) is 0 Å². The smallest absolute Gasteiger partial charge is 0.149 e. The van der Waals surface area contributed by atoms with E-state index >= 15 is 0 Å². The minimum absolute atomic E-state index is 0.0397. The second kappa shape index (κ2) is 15.5. The highest BCUT2D eigenvalue weighted by atomic mass is 32.1. The van der Waals surface area contributed by atoms with Crippen LogP contribution in [0.15, 0.2) is 48.5 Å². The molecule has 3 aromatic rings. The van der Waals surface area contributed by atoms with Gasteiger partial charge in [-0.3, -0.25) is 21.0 Å². The van der Waals surface area contributed by atoms with E-state index in [1.165, 1.54) is 4.88 Å². The zero-order valence-corrected chi connectivity index (χ0v) is 23.4. The van der Waals surface area contributed by atoms with Gasteiger partial charge in [-0.15, -0.1) is 11.3 Å². The molecule has 0 saturated carbocycles. The number of nitrogens with one attached hydrogen (secondary N) is 3. The third kappa shape index (κ3) is 9.29. The van der Waals surface area contributed by atoms with E-state index < -0.39 is 0 Å². The number of amidine groups is 1. The minimum atomic E-state index is -0.0397. The van der Waals surface area contributed by atoms with Crippen molar-refractivity contribution in [1.82, 2.24) is 20.7 Å². The van der Waals surface area contributed by atoms with Crippen LogP contribution >= 0.6 is 11.3 Å². The summed E-state index contributed by atoms with van der Waals surface area (Å²) in [4.78, 5) is 8.50. The van der Waals surface area contributed by atoms with Crippen molar-refractivity contribution in [2.75, 3.05) is 52.6 Å². The van der Waals surface area contributed by atoms with Gasteiger partial charge >= 0.3 is 0 Å². The molecule has 1 aliphatic heterocycles. The van der Waals surface area contributed by atoms with Crippen molar-refractivity contribution in [1.29, 1.82) is 5.41 Å². The van der Waals surface area contributed by atoms with Crippen LogP contribution in [0.1, 0.15) is 34.7 Å². The summed E-state index contributed by atoms with van der Waals surface area (Å²) in [5, 5.41) is 21.0. The Kier molecular flexibility index (Phi) is 11.5. The summed E-state index contributed by atoms with van der Waals surface area (Å²) in [5.74, 6) is 1.58. The van der Waals surface area contributed by atoms with Gasteiger partial charge in [0.15, 0.2) is 0 Å². The molecule has 4 N–H and O–H groups in total. The third-order valence-corrected chi connectivity index (χ3v) is 7.48. The first-order valence-electron chi connectivity index (χ1n) is 13.5. The zero-order valence-electron chi connectivity index (χ0n) is 22.6. The van der Waals surface area contributed by atoms with Gasteiger partial charge in [0.25, 0.3) is 0 Å². The Morgan fingerprint density at radius 1 is 1.00 bits per heavy atom. The summed E-state index contributed by atoms with van der Waals surface area (Å²) in [6, 6.07) is 15.3. The number of ether oxygens (including phenoxy) is 3. The average molecular weight is 554 g/mol. The van der Waals surface area contributed by atoms with E-state index in [-0.39, 0.29) is 5.84 Å². The van der Waals surface area contributed by atoms with Crippen molar-refractivity contribution in [3.63, 3.8) is 0 Å². The summed E-state index contributed by atoms with van der Waals surface area (Å²) in [6.45, 7) is 9.88. The topological polar surface area (TPSA) is 112 Å². The molecule has 1 aromatic heterocycles. The highest BCUT2D eigenvalue weighted by Gasteiger charge is 2.13. The van der Waals surface area contributed by atoms with Crippen LogP contribution in [0, 0.1) is 12.3 Å². The third-order valence-electron chi connectivity index (χ3n) is 6.51. The summed E-state index contributed by atoms with van der Waals surface area (Å²) in [5.41, 5.74) is 4.61. The molecule has 0 bridgehead atoms. The lowest BCUT2D eigenvalue weighted by molar-refractivity contribution is 0.0384. The fraction of sp³-hybridized carbons (Fsp3) is 0.448. The molecule has 2 aromatic carbocycles. The molecule has 0 atom stereocenters. The first-order valence-corrected chi connectivity index (χ1v) is 14.4. The largest absolute Gasteiger partial charge is 0.494 e. The minimum Gasteiger partial charge on any atom is -0.494 e. The fourth-order valence-electron chi connectivity index (χ4n) is 4.33. The van der Waals surface area contributed by atoms with Gasteiger partial charge in [-0.25, -0.2) is 4.98 Å². The number of aromatic nitrogens is 1. The van der Waals surface area contributed by atoms with Crippen LogP contribution in [0.5, 0.6) is 11.5 Å². The Hall–Kier alpha value is -3.02. The van der Waals surface area contributed by atoms with Gasteiger partial charge in [0, 0.05) is 48.7 Å². The molecule has 4 rings (SSSR count). The first kappa shape index (κ1) is 29.0. The lowest BCUT2D eigenvalue weighted by Gasteiger charge is -2.26. The highest BCUT2D eigenvalue weighted by Crippen LogP contribution is 2.29. The zero-order chi connectivity index (χ0) is 27.3. The van der Waals surface area contributed by atoms with E-state index in [0.717, 1.165) is 93.0 Å². The maximum atomic E-state index is 8.79. The Balaban J connectivity index is 1.13. The predicted molar refractivity (Wildman–Crippen MR) is 154 cm³/mol. The molecular formula is C29H39N5O4S. The molecule has 210 valence electrons. The molecule has 0 aliphatic carbocycles. The van der Waals surface area contributed by atoms with Crippen molar-refractivity contribution in [2.45, 2.75) is 32.7 Å². The monoisotopic (exact) mass is 553 g/mol.